The second kappa shape index (κ2) is 12.4. The normalized spacial score (nSPS) is 14.3. The summed E-state index contributed by atoms with van der Waals surface area (Å²) in [6.45, 7) is 0. The fraction of sp³-hybridized carbons (Fsp3) is 0.0204. The first-order valence-electron chi connectivity index (χ1n) is 17.1. The first-order chi connectivity index (χ1) is 24.8. The SMILES string of the molecule is C(#CC1(c2ccccc2)c2ccccc2-c2ccc(-c3ccc(N(c4ccccc4)c4ccccc4)cc3)cc21)c1ccc2ccccc2c1. The van der Waals surface area contributed by atoms with Gasteiger partial charge in [-0.25, -0.2) is 0 Å². The van der Waals surface area contributed by atoms with Crippen LogP contribution in [0.2, 0.25) is 0 Å². The first kappa shape index (κ1) is 29.5. The summed E-state index contributed by atoms with van der Waals surface area (Å²) < 4.78 is 0. The molecule has 8 aromatic rings. The number of hydrogen-bond acceptors (Lipinski definition) is 1. The van der Waals surface area contributed by atoms with Gasteiger partial charge in [-0.15, -0.1) is 0 Å². The summed E-state index contributed by atoms with van der Waals surface area (Å²) in [4.78, 5) is 2.30. The average molecular weight is 636 g/mol. The maximum absolute atomic E-state index is 3.89. The molecular formula is C49H33N. The van der Waals surface area contributed by atoms with Crippen LogP contribution in [0.15, 0.2) is 200 Å². The molecule has 0 fully saturated rings. The maximum Gasteiger partial charge on any atom is 0.108 e. The van der Waals surface area contributed by atoms with Gasteiger partial charge >= 0.3 is 0 Å². The van der Waals surface area contributed by atoms with E-state index in [1.165, 1.54) is 44.2 Å². The molecule has 0 heterocycles. The predicted octanol–water partition coefficient (Wildman–Crippen LogP) is 12.3. The Hall–Kier alpha value is -6.62. The van der Waals surface area contributed by atoms with E-state index in [9.17, 15) is 0 Å². The highest BCUT2D eigenvalue weighted by Gasteiger charge is 2.43. The lowest BCUT2D eigenvalue weighted by atomic mass is 9.72. The Bertz CT molecular complexity index is 2480. The number of para-hydroxylation sites is 2. The van der Waals surface area contributed by atoms with Crippen LogP contribution in [-0.4, -0.2) is 0 Å². The number of anilines is 3. The van der Waals surface area contributed by atoms with Gasteiger partial charge in [0.2, 0.25) is 0 Å². The third kappa shape index (κ3) is 5.07. The quantitative estimate of drug-likeness (QED) is 0.170. The molecule has 50 heavy (non-hydrogen) atoms. The summed E-state index contributed by atoms with van der Waals surface area (Å²) in [6.07, 6.45) is 0. The number of rotatable bonds is 5. The van der Waals surface area contributed by atoms with Crippen LogP contribution < -0.4 is 4.90 Å². The minimum atomic E-state index is -0.633. The molecule has 0 amide bonds. The maximum atomic E-state index is 3.89. The number of nitrogens with zero attached hydrogens (tertiary/aromatic N) is 1. The molecule has 1 atom stereocenters. The Kier molecular flexibility index (Phi) is 7.34. The van der Waals surface area contributed by atoms with E-state index < -0.39 is 5.41 Å². The van der Waals surface area contributed by atoms with Crippen LogP contribution in [0.5, 0.6) is 0 Å². The van der Waals surface area contributed by atoms with E-state index in [0.717, 1.165) is 28.2 Å². The molecule has 1 heteroatoms. The largest absolute Gasteiger partial charge is 0.311 e. The summed E-state index contributed by atoms with van der Waals surface area (Å²) in [5, 5.41) is 2.42. The lowest BCUT2D eigenvalue weighted by Crippen LogP contribution is -2.25. The highest BCUT2D eigenvalue weighted by atomic mass is 15.1. The van der Waals surface area contributed by atoms with Crippen molar-refractivity contribution in [2.75, 3.05) is 4.90 Å². The monoisotopic (exact) mass is 635 g/mol. The molecule has 1 nitrogen and oxygen atoms in total. The molecule has 0 saturated carbocycles. The molecule has 1 aliphatic carbocycles. The molecule has 0 bridgehead atoms. The Morgan fingerprint density at radius 3 is 1.66 bits per heavy atom. The third-order valence-corrected chi connectivity index (χ3v) is 9.88. The van der Waals surface area contributed by atoms with Crippen molar-refractivity contribution in [1.29, 1.82) is 0 Å². The third-order valence-electron chi connectivity index (χ3n) is 9.88. The molecule has 0 aromatic heterocycles. The van der Waals surface area contributed by atoms with Gasteiger partial charge in [0.25, 0.3) is 0 Å². The minimum Gasteiger partial charge on any atom is -0.311 e. The van der Waals surface area contributed by atoms with Gasteiger partial charge in [0.15, 0.2) is 0 Å². The Labute approximate surface area is 293 Å². The number of hydrogen-bond donors (Lipinski definition) is 0. The molecule has 0 spiro atoms. The highest BCUT2D eigenvalue weighted by Crippen LogP contribution is 2.53. The van der Waals surface area contributed by atoms with E-state index in [0.29, 0.717) is 0 Å². The second-order valence-electron chi connectivity index (χ2n) is 12.8. The van der Waals surface area contributed by atoms with Crippen molar-refractivity contribution < 1.29 is 0 Å². The zero-order chi connectivity index (χ0) is 33.3. The van der Waals surface area contributed by atoms with Crippen molar-refractivity contribution in [3.8, 4) is 34.1 Å². The van der Waals surface area contributed by atoms with Crippen LogP contribution in [-0.2, 0) is 5.41 Å². The molecule has 9 rings (SSSR count). The van der Waals surface area contributed by atoms with E-state index in [1.807, 2.05) is 0 Å². The lowest BCUT2D eigenvalue weighted by molar-refractivity contribution is 0.837. The van der Waals surface area contributed by atoms with Gasteiger partial charge in [-0.2, -0.15) is 0 Å². The van der Waals surface area contributed by atoms with E-state index in [1.54, 1.807) is 0 Å². The van der Waals surface area contributed by atoms with Crippen molar-refractivity contribution >= 4 is 27.8 Å². The topological polar surface area (TPSA) is 3.24 Å². The molecule has 0 saturated heterocycles. The molecule has 0 radical (unpaired) electrons. The summed E-state index contributed by atoms with van der Waals surface area (Å²) in [6, 6.07) is 71.5. The van der Waals surface area contributed by atoms with E-state index in [-0.39, 0.29) is 0 Å². The smallest absolute Gasteiger partial charge is 0.108 e. The average Bonchev–Trinajstić information content (AvgIpc) is 3.48. The predicted molar refractivity (Wildman–Crippen MR) is 209 cm³/mol. The fourth-order valence-corrected chi connectivity index (χ4v) is 7.50. The first-order valence-corrected chi connectivity index (χ1v) is 17.1. The van der Waals surface area contributed by atoms with Gasteiger partial charge in [-0.1, -0.05) is 157 Å². The van der Waals surface area contributed by atoms with Crippen molar-refractivity contribution in [2.24, 2.45) is 0 Å². The summed E-state index contributed by atoms with van der Waals surface area (Å²) >= 11 is 0. The van der Waals surface area contributed by atoms with Gasteiger partial charge in [-0.05, 0) is 104 Å². The van der Waals surface area contributed by atoms with Gasteiger partial charge in [0.05, 0.1) is 0 Å². The van der Waals surface area contributed by atoms with Crippen LogP contribution in [0.3, 0.4) is 0 Å². The van der Waals surface area contributed by atoms with Gasteiger partial charge in [-0.3, -0.25) is 0 Å². The van der Waals surface area contributed by atoms with E-state index in [2.05, 4.69) is 217 Å². The van der Waals surface area contributed by atoms with Crippen molar-refractivity contribution in [1.82, 2.24) is 0 Å². The van der Waals surface area contributed by atoms with Crippen LogP contribution in [0.1, 0.15) is 22.3 Å². The van der Waals surface area contributed by atoms with Crippen LogP contribution >= 0.6 is 0 Å². The summed E-state index contributed by atoms with van der Waals surface area (Å²) in [5.74, 6) is 7.54. The van der Waals surface area contributed by atoms with Crippen LogP contribution in [0.25, 0.3) is 33.0 Å². The molecule has 8 aromatic carbocycles. The van der Waals surface area contributed by atoms with Crippen LogP contribution in [0, 0.1) is 11.8 Å². The minimum absolute atomic E-state index is 0.633. The highest BCUT2D eigenvalue weighted by molar-refractivity contribution is 5.89. The molecule has 0 aliphatic heterocycles. The molecule has 1 aliphatic rings. The molecule has 234 valence electrons. The van der Waals surface area contributed by atoms with E-state index in [4.69, 9.17) is 0 Å². The van der Waals surface area contributed by atoms with E-state index >= 15 is 0 Å². The van der Waals surface area contributed by atoms with Crippen molar-refractivity contribution in [3.63, 3.8) is 0 Å². The summed E-state index contributed by atoms with van der Waals surface area (Å²) in [7, 11) is 0. The molecule has 0 N–H and O–H groups in total. The fourth-order valence-electron chi connectivity index (χ4n) is 7.50. The van der Waals surface area contributed by atoms with Gasteiger partial charge < -0.3 is 4.90 Å². The number of benzene rings is 8. The van der Waals surface area contributed by atoms with Gasteiger partial charge in [0, 0.05) is 22.6 Å². The number of fused-ring (bicyclic) bond motifs is 4. The second-order valence-corrected chi connectivity index (χ2v) is 12.8. The van der Waals surface area contributed by atoms with Gasteiger partial charge in [0.1, 0.15) is 5.41 Å². The van der Waals surface area contributed by atoms with Crippen molar-refractivity contribution in [2.45, 2.75) is 5.41 Å². The zero-order valence-electron chi connectivity index (χ0n) is 27.5. The Balaban J connectivity index is 1.18. The summed E-state index contributed by atoms with van der Waals surface area (Å²) in [5.41, 5.74) is 12.2. The molecule has 1 unspecified atom stereocenters. The van der Waals surface area contributed by atoms with Crippen LogP contribution in [0.4, 0.5) is 17.1 Å². The zero-order valence-corrected chi connectivity index (χ0v) is 27.5. The Morgan fingerprint density at radius 1 is 0.380 bits per heavy atom. The lowest BCUT2D eigenvalue weighted by Gasteiger charge is -2.28. The van der Waals surface area contributed by atoms with Crippen molar-refractivity contribution in [3.05, 3.63) is 222 Å². The standard InChI is InChI=1S/C49H33N/c1-4-16-41(17-5-1)49(33-32-36-24-25-37-14-10-11-15-39(37)34-36)47-23-13-12-22-45(47)46-31-28-40(35-48(46)49)38-26-29-44(30-27-38)50(42-18-6-2-7-19-42)43-20-8-3-9-21-43/h1-31,34-35H. The molecular weight excluding hydrogens is 603 g/mol. The Morgan fingerprint density at radius 2 is 0.940 bits per heavy atom.